The Morgan fingerprint density at radius 2 is 2.32 bits per heavy atom. The van der Waals surface area contributed by atoms with Crippen molar-refractivity contribution in [1.29, 1.82) is 5.26 Å². The average Bonchev–Trinajstić information content (AvgIpc) is 2.76. The van der Waals surface area contributed by atoms with Gasteiger partial charge in [0.25, 0.3) is 0 Å². The second-order valence-corrected chi connectivity index (χ2v) is 4.76. The molecule has 6 heteroatoms. The SMILES string of the molecule is COC(=O)c1ccc(N2CC(Cl)CC2=O)cc1C#N. The number of ether oxygens (including phenoxy) is 1. The number of hydrogen-bond acceptors (Lipinski definition) is 4. The van der Waals surface area contributed by atoms with Crippen LogP contribution in [0.1, 0.15) is 22.3 Å². The molecule has 98 valence electrons. The van der Waals surface area contributed by atoms with Crippen molar-refractivity contribution >= 4 is 29.2 Å². The van der Waals surface area contributed by atoms with Gasteiger partial charge in [-0.1, -0.05) is 0 Å². The van der Waals surface area contributed by atoms with E-state index in [0.717, 1.165) is 0 Å². The summed E-state index contributed by atoms with van der Waals surface area (Å²) in [5, 5.41) is 8.84. The van der Waals surface area contributed by atoms with Crippen LogP contribution in [0.15, 0.2) is 18.2 Å². The number of rotatable bonds is 2. The summed E-state index contributed by atoms with van der Waals surface area (Å²) in [6.07, 6.45) is 0.280. The predicted molar refractivity (Wildman–Crippen MR) is 69.1 cm³/mol. The van der Waals surface area contributed by atoms with Crippen LogP contribution in [-0.2, 0) is 9.53 Å². The fraction of sp³-hybridized carbons (Fsp3) is 0.308. The lowest BCUT2D eigenvalue weighted by Gasteiger charge is -2.16. The monoisotopic (exact) mass is 278 g/mol. The van der Waals surface area contributed by atoms with Crippen molar-refractivity contribution in [3.05, 3.63) is 29.3 Å². The Balaban J connectivity index is 2.38. The fourth-order valence-electron chi connectivity index (χ4n) is 1.99. The summed E-state index contributed by atoms with van der Waals surface area (Å²) < 4.78 is 4.59. The molecule has 0 aliphatic carbocycles. The zero-order chi connectivity index (χ0) is 14.0. The van der Waals surface area contributed by atoms with Crippen molar-refractivity contribution < 1.29 is 14.3 Å². The van der Waals surface area contributed by atoms with Crippen molar-refractivity contribution in [3.8, 4) is 6.07 Å². The summed E-state index contributed by atoms with van der Waals surface area (Å²) in [5.74, 6) is -0.666. The Labute approximate surface area is 115 Å². The van der Waals surface area contributed by atoms with Crippen LogP contribution < -0.4 is 4.90 Å². The zero-order valence-corrected chi connectivity index (χ0v) is 11.0. The Morgan fingerprint density at radius 3 is 2.84 bits per heavy atom. The molecule has 1 aromatic carbocycles. The molecule has 2 rings (SSSR count). The van der Waals surface area contributed by atoms with Crippen molar-refractivity contribution in [2.45, 2.75) is 11.8 Å². The van der Waals surface area contributed by atoms with E-state index in [1.807, 2.05) is 6.07 Å². The quantitative estimate of drug-likeness (QED) is 0.610. The van der Waals surface area contributed by atoms with Gasteiger partial charge in [-0.2, -0.15) is 5.26 Å². The molecule has 1 heterocycles. The van der Waals surface area contributed by atoms with E-state index in [1.165, 1.54) is 24.1 Å². The lowest BCUT2D eigenvalue weighted by Crippen LogP contribution is -2.24. The van der Waals surface area contributed by atoms with Gasteiger partial charge in [-0.25, -0.2) is 4.79 Å². The molecule has 1 unspecified atom stereocenters. The van der Waals surface area contributed by atoms with E-state index >= 15 is 0 Å². The largest absolute Gasteiger partial charge is 0.465 e. The van der Waals surface area contributed by atoms with Gasteiger partial charge in [0.15, 0.2) is 0 Å². The first-order valence-electron chi connectivity index (χ1n) is 5.63. The molecule has 1 aromatic rings. The van der Waals surface area contributed by atoms with Crippen molar-refractivity contribution in [2.75, 3.05) is 18.6 Å². The number of methoxy groups -OCH3 is 1. The molecule has 1 atom stereocenters. The fourth-order valence-corrected chi connectivity index (χ4v) is 2.26. The number of alkyl halides is 1. The highest BCUT2D eigenvalue weighted by atomic mass is 35.5. The molecule has 1 aliphatic heterocycles. The van der Waals surface area contributed by atoms with E-state index in [0.29, 0.717) is 12.2 Å². The van der Waals surface area contributed by atoms with E-state index in [1.54, 1.807) is 6.07 Å². The average molecular weight is 279 g/mol. The van der Waals surface area contributed by atoms with Gasteiger partial charge >= 0.3 is 5.97 Å². The maximum atomic E-state index is 11.7. The number of hydrogen-bond donors (Lipinski definition) is 0. The highest BCUT2D eigenvalue weighted by Crippen LogP contribution is 2.26. The third-order valence-corrected chi connectivity index (χ3v) is 3.21. The minimum absolute atomic E-state index is 0.0882. The standard InChI is InChI=1S/C13H11ClN2O3/c1-19-13(18)11-3-2-10(4-8(11)6-15)16-7-9(14)5-12(16)17/h2-4,9H,5,7H2,1H3. The number of amides is 1. The second kappa shape index (κ2) is 5.29. The van der Waals surface area contributed by atoms with Gasteiger partial charge in [0, 0.05) is 18.7 Å². The van der Waals surface area contributed by atoms with E-state index in [9.17, 15) is 9.59 Å². The summed E-state index contributed by atoms with van der Waals surface area (Å²) in [4.78, 5) is 24.7. The third kappa shape index (κ3) is 2.54. The van der Waals surface area contributed by atoms with Crippen molar-refractivity contribution in [3.63, 3.8) is 0 Å². The van der Waals surface area contributed by atoms with Crippen LogP contribution in [0.25, 0.3) is 0 Å². The molecule has 1 aliphatic rings. The van der Waals surface area contributed by atoms with Crippen LogP contribution in [0, 0.1) is 11.3 Å². The van der Waals surface area contributed by atoms with Gasteiger partial charge in [-0.15, -0.1) is 11.6 Å². The Hall–Kier alpha value is -2.06. The number of anilines is 1. The number of nitrogens with zero attached hydrogens (tertiary/aromatic N) is 2. The normalized spacial score (nSPS) is 18.3. The van der Waals surface area contributed by atoms with Gasteiger partial charge in [0.1, 0.15) is 6.07 Å². The molecule has 1 amide bonds. The summed E-state index contributed by atoms with van der Waals surface area (Å²) >= 11 is 5.93. The minimum Gasteiger partial charge on any atom is -0.465 e. The molecule has 5 nitrogen and oxygen atoms in total. The van der Waals surface area contributed by atoms with Crippen molar-refractivity contribution in [1.82, 2.24) is 0 Å². The van der Waals surface area contributed by atoms with Crippen LogP contribution in [0.5, 0.6) is 0 Å². The second-order valence-electron chi connectivity index (χ2n) is 4.14. The maximum Gasteiger partial charge on any atom is 0.339 e. The number of carbonyl (C=O) groups excluding carboxylic acids is 2. The number of benzene rings is 1. The molecule has 0 aromatic heterocycles. The minimum atomic E-state index is -0.578. The highest BCUT2D eigenvalue weighted by Gasteiger charge is 2.29. The molecule has 0 radical (unpaired) electrons. The molecule has 0 N–H and O–H groups in total. The first-order chi connectivity index (χ1) is 9.06. The number of esters is 1. The van der Waals surface area contributed by atoms with Gasteiger partial charge < -0.3 is 9.64 Å². The molecular formula is C13H11ClN2O3. The van der Waals surface area contributed by atoms with Crippen LogP contribution in [0.2, 0.25) is 0 Å². The summed E-state index contributed by atoms with van der Waals surface area (Å²) in [6, 6.07) is 6.52. The van der Waals surface area contributed by atoms with Gasteiger partial charge in [-0.3, -0.25) is 4.79 Å². The first-order valence-corrected chi connectivity index (χ1v) is 6.07. The Kier molecular flexibility index (Phi) is 3.72. The highest BCUT2D eigenvalue weighted by molar-refractivity contribution is 6.24. The molecule has 0 bridgehead atoms. The zero-order valence-electron chi connectivity index (χ0n) is 10.2. The van der Waals surface area contributed by atoms with Crippen molar-refractivity contribution in [2.24, 2.45) is 0 Å². The molecular weight excluding hydrogens is 268 g/mol. The summed E-state index contributed by atoms with van der Waals surface area (Å²) in [5.41, 5.74) is 0.926. The van der Waals surface area contributed by atoms with Crippen LogP contribution in [-0.4, -0.2) is 30.9 Å². The van der Waals surface area contributed by atoms with Crippen LogP contribution in [0.4, 0.5) is 5.69 Å². The molecule has 0 spiro atoms. The Morgan fingerprint density at radius 1 is 1.58 bits per heavy atom. The lowest BCUT2D eigenvalue weighted by atomic mass is 10.1. The smallest absolute Gasteiger partial charge is 0.339 e. The van der Waals surface area contributed by atoms with Gasteiger partial charge in [-0.05, 0) is 18.2 Å². The van der Waals surface area contributed by atoms with E-state index in [-0.39, 0.29) is 28.8 Å². The number of nitriles is 1. The molecule has 1 fully saturated rings. The van der Waals surface area contributed by atoms with Crippen LogP contribution in [0.3, 0.4) is 0 Å². The number of halogens is 1. The summed E-state index contributed by atoms with van der Waals surface area (Å²) in [6.45, 7) is 0.406. The topological polar surface area (TPSA) is 70.4 Å². The maximum absolute atomic E-state index is 11.7. The van der Waals surface area contributed by atoms with E-state index in [4.69, 9.17) is 16.9 Å². The van der Waals surface area contributed by atoms with Crippen LogP contribution >= 0.6 is 11.6 Å². The molecule has 0 saturated carbocycles. The lowest BCUT2D eigenvalue weighted by molar-refractivity contribution is -0.117. The van der Waals surface area contributed by atoms with Gasteiger partial charge in [0.05, 0.1) is 23.6 Å². The van der Waals surface area contributed by atoms with E-state index in [2.05, 4.69) is 4.74 Å². The predicted octanol–water partition coefficient (Wildman–Crippen LogP) is 1.69. The van der Waals surface area contributed by atoms with Gasteiger partial charge in [0.2, 0.25) is 5.91 Å². The van der Waals surface area contributed by atoms with E-state index < -0.39 is 5.97 Å². The Bertz CT molecular complexity index is 580. The number of carbonyl (C=O) groups is 2. The molecule has 19 heavy (non-hydrogen) atoms. The molecule has 1 saturated heterocycles. The summed E-state index contributed by atoms with van der Waals surface area (Å²) in [7, 11) is 1.25. The third-order valence-electron chi connectivity index (χ3n) is 2.92. The first kappa shape index (κ1) is 13.4.